The van der Waals surface area contributed by atoms with Crippen LogP contribution in [0.15, 0.2) is 0 Å². The van der Waals surface area contributed by atoms with Crippen molar-refractivity contribution in [3.8, 4) is 5.69 Å². The summed E-state index contributed by atoms with van der Waals surface area (Å²) in [6.07, 6.45) is 0. The molecule has 0 spiro atoms. The van der Waals surface area contributed by atoms with Gasteiger partial charge < -0.3 is 4.57 Å². The maximum absolute atomic E-state index is 2.55. The highest BCUT2D eigenvalue weighted by Gasteiger charge is 2.23. The molecule has 0 saturated carbocycles. The van der Waals surface area contributed by atoms with Crippen molar-refractivity contribution in [2.75, 3.05) is 0 Å². The van der Waals surface area contributed by atoms with E-state index in [9.17, 15) is 0 Å². The van der Waals surface area contributed by atoms with Crippen LogP contribution in [0, 0.1) is 76.2 Å². The van der Waals surface area contributed by atoms with Gasteiger partial charge in [0.2, 0.25) is 0 Å². The number of aryl methyl sites for hydroxylation is 3. The smallest absolute Gasteiger partial charge is 0.0569 e. The van der Waals surface area contributed by atoms with E-state index >= 15 is 0 Å². The molecule has 3 rings (SSSR count). The Kier molecular flexibility index (Phi) is 4.34. The Bertz CT molecular complexity index is 1050. The van der Waals surface area contributed by atoms with Crippen molar-refractivity contribution < 1.29 is 0 Å². The summed E-state index contributed by atoms with van der Waals surface area (Å²) in [5, 5.41) is 1.44. The van der Waals surface area contributed by atoms with E-state index in [-0.39, 0.29) is 0 Å². The molecule has 0 unspecified atom stereocenters. The van der Waals surface area contributed by atoms with E-state index in [0.717, 1.165) is 0 Å². The Hall–Kier alpha value is -2.02. The largest absolute Gasteiger partial charge is 0.313 e. The fourth-order valence-corrected chi connectivity index (χ4v) is 4.64. The molecule has 0 N–H and O–H groups in total. The molecule has 3 aromatic rings. The molecule has 0 amide bonds. The summed E-state index contributed by atoms with van der Waals surface area (Å²) in [6, 6.07) is 0. The minimum Gasteiger partial charge on any atom is -0.313 e. The molecular weight excluding hydrogens is 314 g/mol. The number of hydrogen-bond acceptors (Lipinski definition) is 0. The second kappa shape index (κ2) is 6.01. The maximum Gasteiger partial charge on any atom is 0.0569 e. The molecule has 0 radical (unpaired) electrons. The van der Waals surface area contributed by atoms with E-state index in [1.54, 1.807) is 0 Å². The highest BCUT2D eigenvalue weighted by molar-refractivity contribution is 5.94. The summed E-state index contributed by atoms with van der Waals surface area (Å²) < 4.78 is 2.55. The molecule has 138 valence electrons. The van der Waals surface area contributed by atoms with Crippen LogP contribution in [0.2, 0.25) is 0 Å². The van der Waals surface area contributed by atoms with Gasteiger partial charge in [0.25, 0.3) is 0 Å². The van der Waals surface area contributed by atoms with Gasteiger partial charge in [0, 0.05) is 11.1 Å². The fourth-order valence-electron chi connectivity index (χ4n) is 4.64. The first-order valence-corrected chi connectivity index (χ1v) is 9.67. The van der Waals surface area contributed by atoms with E-state index in [1.165, 1.54) is 77.9 Å². The summed E-state index contributed by atoms with van der Waals surface area (Å²) in [7, 11) is 0. The summed E-state index contributed by atoms with van der Waals surface area (Å²) in [4.78, 5) is 0. The highest BCUT2D eigenvalue weighted by Crippen LogP contribution is 2.39. The minimum absolute atomic E-state index is 1.37. The molecule has 0 atom stereocenters. The van der Waals surface area contributed by atoms with Gasteiger partial charge in [-0.1, -0.05) is 0 Å². The summed E-state index contributed by atoms with van der Waals surface area (Å²) >= 11 is 0. The minimum atomic E-state index is 1.37. The van der Waals surface area contributed by atoms with E-state index in [1.807, 2.05) is 0 Å². The van der Waals surface area contributed by atoms with Crippen LogP contribution in [0.4, 0.5) is 0 Å². The van der Waals surface area contributed by atoms with Gasteiger partial charge in [-0.2, -0.15) is 0 Å². The van der Waals surface area contributed by atoms with Crippen molar-refractivity contribution in [1.29, 1.82) is 0 Å². The van der Waals surface area contributed by atoms with E-state index in [4.69, 9.17) is 0 Å². The Morgan fingerprint density at radius 1 is 0.385 bits per heavy atom. The van der Waals surface area contributed by atoms with Crippen molar-refractivity contribution in [2.45, 2.75) is 76.2 Å². The van der Waals surface area contributed by atoms with Crippen molar-refractivity contribution >= 4 is 10.9 Å². The quantitative estimate of drug-likeness (QED) is 0.445. The topological polar surface area (TPSA) is 4.93 Å². The van der Waals surface area contributed by atoms with Crippen LogP contribution in [0.1, 0.15) is 61.3 Å². The Morgan fingerprint density at radius 2 is 0.769 bits per heavy atom. The molecule has 1 heterocycles. The molecule has 1 heteroatoms. The standard InChI is InChI=1S/C25H33N/c1-12-14(3)18(7)24(19(8)15(12)4)26-22(11)21(10)23-17(6)13(2)16(5)20(9)25(23)26/h1-11H3. The molecular formula is C25H33N. The van der Waals surface area contributed by atoms with Gasteiger partial charge in [0.15, 0.2) is 0 Å². The first-order chi connectivity index (χ1) is 12.0. The zero-order valence-electron chi connectivity index (χ0n) is 18.4. The molecule has 0 bridgehead atoms. The summed E-state index contributed by atoms with van der Waals surface area (Å²) in [5.74, 6) is 0. The molecule has 0 aliphatic carbocycles. The second-order valence-electron chi connectivity index (χ2n) is 8.24. The van der Waals surface area contributed by atoms with E-state index < -0.39 is 0 Å². The van der Waals surface area contributed by atoms with Crippen LogP contribution >= 0.6 is 0 Å². The van der Waals surface area contributed by atoms with E-state index in [0.29, 0.717) is 0 Å². The van der Waals surface area contributed by atoms with Gasteiger partial charge in [0.1, 0.15) is 0 Å². The molecule has 0 aliphatic rings. The van der Waals surface area contributed by atoms with Gasteiger partial charge in [-0.3, -0.25) is 0 Å². The van der Waals surface area contributed by atoms with Crippen molar-refractivity contribution in [3.63, 3.8) is 0 Å². The van der Waals surface area contributed by atoms with E-state index in [2.05, 4.69) is 80.7 Å². The van der Waals surface area contributed by atoms with Crippen LogP contribution in [0.5, 0.6) is 0 Å². The number of nitrogens with zero attached hydrogens (tertiary/aromatic N) is 1. The van der Waals surface area contributed by atoms with Crippen molar-refractivity contribution in [1.82, 2.24) is 4.57 Å². The lowest BCUT2D eigenvalue weighted by Gasteiger charge is -2.23. The first-order valence-electron chi connectivity index (χ1n) is 9.67. The third kappa shape index (κ3) is 2.22. The van der Waals surface area contributed by atoms with Crippen molar-refractivity contribution in [2.24, 2.45) is 0 Å². The SMILES string of the molecule is Cc1c(C)c(C)c(-n2c(C)c(C)c3c(C)c(C)c(C)c(C)c32)c(C)c1C. The van der Waals surface area contributed by atoms with Crippen LogP contribution < -0.4 is 0 Å². The second-order valence-corrected chi connectivity index (χ2v) is 8.24. The number of hydrogen-bond donors (Lipinski definition) is 0. The monoisotopic (exact) mass is 347 g/mol. The van der Waals surface area contributed by atoms with Gasteiger partial charge in [-0.15, -0.1) is 0 Å². The van der Waals surface area contributed by atoms with Crippen LogP contribution in [-0.2, 0) is 0 Å². The van der Waals surface area contributed by atoms with Crippen LogP contribution in [-0.4, -0.2) is 4.57 Å². The Labute approximate surface area is 159 Å². The lowest BCUT2D eigenvalue weighted by atomic mass is 9.92. The predicted octanol–water partition coefficient (Wildman–Crippen LogP) is 7.02. The molecule has 2 aromatic carbocycles. The maximum atomic E-state index is 2.55. The van der Waals surface area contributed by atoms with Gasteiger partial charge in [-0.05, 0) is 132 Å². The van der Waals surface area contributed by atoms with Crippen LogP contribution in [0.3, 0.4) is 0 Å². The number of rotatable bonds is 1. The average molecular weight is 348 g/mol. The molecule has 1 aromatic heterocycles. The zero-order chi connectivity index (χ0) is 19.7. The third-order valence-corrected chi connectivity index (χ3v) is 7.32. The highest BCUT2D eigenvalue weighted by atomic mass is 15.0. The predicted molar refractivity (Wildman–Crippen MR) is 115 cm³/mol. The molecule has 1 nitrogen and oxygen atoms in total. The normalized spacial score (nSPS) is 11.7. The van der Waals surface area contributed by atoms with Crippen LogP contribution in [0.25, 0.3) is 16.6 Å². The molecule has 0 fully saturated rings. The number of fused-ring (bicyclic) bond motifs is 1. The lowest BCUT2D eigenvalue weighted by Crippen LogP contribution is -2.08. The number of aromatic nitrogens is 1. The Morgan fingerprint density at radius 3 is 1.27 bits per heavy atom. The Balaban J connectivity index is 2.64. The summed E-state index contributed by atoms with van der Waals surface area (Å²) in [6.45, 7) is 25.0. The number of benzene rings is 2. The zero-order valence-corrected chi connectivity index (χ0v) is 18.4. The van der Waals surface area contributed by atoms with Crippen molar-refractivity contribution in [3.05, 3.63) is 61.3 Å². The van der Waals surface area contributed by atoms with Gasteiger partial charge >= 0.3 is 0 Å². The fraction of sp³-hybridized carbons (Fsp3) is 0.440. The van der Waals surface area contributed by atoms with Gasteiger partial charge in [0.05, 0.1) is 11.2 Å². The molecule has 0 saturated heterocycles. The average Bonchev–Trinajstić information content (AvgIpc) is 2.87. The lowest BCUT2D eigenvalue weighted by molar-refractivity contribution is 0.985. The van der Waals surface area contributed by atoms with Gasteiger partial charge in [-0.25, -0.2) is 0 Å². The summed E-state index contributed by atoms with van der Waals surface area (Å²) in [5.41, 5.74) is 18.3. The third-order valence-electron chi connectivity index (χ3n) is 7.32. The molecule has 26 heavy (non-hydrogen) atoms. The molecule has 0 aliphatic heterocycles. The first kappa shape index (κ1) is 18.8.